The largest absolute Gasteiger partial charge is 0.294 e. The third-order valence-electron chi connectivity index (χ3n) is 2.79. The molecule has 16 heavy (non-hydrogen) atoms. The van der Waals surface area contributed by atoms with Crippen LogP contribution in [0.2, 0.25) is 0 Å². The molecule has 0 aliphatic heterocycles. The zero-order valence-corrected chi connectivity index (χ0v) is 10.1. The van der Waals surface area contributed by atoms with Gasteiger partial charge in [0.1, 0.15) is 5.70 Å². The van der Waals surface area contributed by atoms with Gasteiger partial charge in [0, 0.05) is 18.9 Å². The standard InChI is InChI=1S/C12H17NO3/c1-7-5-10(11(15)6-8(7)2)12(9(3)14)13-16-4/h13H,5-6H2,1-4H3. The van der Waals surface area contributed by atoms with E-state index in [1.165, 1.54) is 14.0 Å². The molecular formula is C12H17NO3. The molecule has 1 aliphatic rings. The second kappa shape index (κ2) is 5.07. The molecule has 4 heteroatoms. The molecule has 1 rings (SSSR count). The first-order valence-electron chi connectivity index (χ1n) is 5.18. The van der Waals surface area contributed by atoms with E-state index in [2.05, 4.69) is 5.48 Å². The molecule has 1 aliphatic carbocycles. The molecule has 1 N–H and O–H groups in total. The second-order valence-corrected chi connectivity index (χ2v) is 4.05. The van der Waals surface area contributed by atoms with Crippen molar-refractivity contribution >= 4 is 11.6 Å². The highest BCUT2D eigenvalue weighted by Crippen LogP contribution is 2.27. The lowest BCUT2D eigenvalue weighted by Crippen LogP contribution is -2.24. The van der Waals surface area contributed by atoms with Crippen molar-refractivity contribution in [1.29, 1.82) is 0 Å². The Morgan fingerprint density at radius 1 is 1.25 bits per heavy atom. The van der Waals surface area contributed by atoms with Crippen LogP contribution in [0.3, 0.4) is 0 Å². The monoisotopic (exact) mass is 223 g/mol. The van der Waals surface area contributed by atoms with Crippen LogP contribution in [-0.2, 0) is 14.4 Å². The van der Waals surface area contributed by atoms with Gasteiger partial charge in [0.25, 0.3) is 0 Å². The number of ketones is 2. The molecule has 0 saturated heterocycles. The first-order valence-corrected chi connectivity index (χ1v) is 5.18. The summed E-state index contributed by atoms with van der Waals surface area (Å²) < 4.78 is 0. The van der Waals surface area contributed by atoms with Gasteiger partial charge in [-0.15, -0.1) is 0 Å². The van der Waals surface area contributed by atoms with Gasteiger partial charge in [-0.3, -0.25) is 19.9 Å². The maximum Gasteiger partial charge on any atom is 0.178 e. The summed E-state index contributed by atoms with van der Waals surface area (Å²) in [7, 11) is 1.42. The van der Waals surface area contributed by atoms with Crippen LogP contribution in [-0.4, -0.2) is 18.7 Å². The van der Waals surface area contributed by atoms with Crippen molar-refractivity contribution < 1.29 is 14.4 Å². The van der Waals surface area contributed by atoms with Crippen LogP contribution < -0.4 is 5.48 Å². The Hall–Kier alpha value is -1.42. The zero-order chi connectivity index (χ0) is 12.3. The Kier molecular flexibility index (Phi) is 4.01. The molecule has 0 radical (unpaired) electrons. The van der Waals surface area contributed by atoms with E-state index in [-0.39, 0.29) is 17.3 Å². The minimum Gasteiger partial charge on any atom is -0.294 e. The van der Waals surface area contributed by atoms with Gasteiger partial charge in [0.2, 0.25) is 0 Å². The van der Waals surface area contributed by atoms with Crippen LogP contribution in [0.1, 0.15) is 33.6 Å². The number of hydrogen-bond donors (Lipinski definition) is 1. The SMILES string of the molecule is CONC(C(C)=O)=C1CC(C)=C(C)CC1=O. The number of rotatable bonds is 3. The van der Waals surface area contributed by atoms with E-state index in [0.29, 0.717) is 18.4 Å². The minimum atomic E-state index is -0.183. The van der Waals surface area contributed by atoms with E-state index in [4.69, 9.17) is 4.84 Å². The fraction of sp³-hybridized carbons (Fsp3) is 0.500. The lowest BCUT2D eigenvalue weighted by atomic mass is 9.87. The zero-order valence-electron chi connectivity index (χ0n) is 10.1. The predicted molar refractivity (Wildman–Crippen MR) is 60.5 cm³/mol. The van der Waals surface area contributed by atoms with Gasteiger partial charge < -0.3 is 0 Å². The van der Waals surface area contributed by atoms with E-state index in [0.717, 1.165) is 11.1 Å². The summed E-state index contributed by atoms with van der Waals surface area (Å²) in [5.41, 5.74) is 5.54. The Labute approximate surface area is 95.3 Å². The van der Waals surface area contributed by atoms with Gasteiger partial charge >= 0.3 is 0 Å². The lowest BCUT2D eigenvalue weighted by molar-refractivity contribution is -0.118. The van der Waals surface area contributed by atoms with Crippen LogP contribution in [0.5, 0.6) is 0 Å². The molecular weight excluding hydrogens is 206 g/mol. The molecule has 0 aromatic heterocycles. The van der Waals surface area contributed by atoms with Crippen LogP contribution in [0.15, 0.2) is 22.4 Å². The van der Waals surface area contributed by atoms with Crippen molar-refractivity contribution in [1.82, 2.24) is 5.48 Å². The smallest absolute Gasteiger partial charge is 0.178 e. The van der Waals surface area contributed by atoms with E-state index in [1.807, 2.05) is 13.8 Å². The van der Waals surface area contributed by atoms with Crippen LogP contribution in [0.4, 0.5) is 0 Å². The van der Waals surface area contributed by atoms with Crippen LogP contribution in [0.25, 0.3) is 0 Å². The Balaban J connectivity index is 3.14. The first-order chi connectivity index (χ1) is 7.47. The Morgan fingerprint density at radius 3 is 2.31 bits per heavy atom. The molecule has 0 heterocycles. The van der Waals surface area contributed by atoms with E-state index < -0.39 is 0 Å². The van der Waals surface area contributed by atoms with E-state index in [1.54, 1.807) is 0 Å². The van der Waals surface area contributed by atoms with Crippen LogP contribution in [0, 0.1) is 0 Å². The molecule has 88 valence electrons. The van der Waals surface area contributed by atoms with Gasteiger partial charge in [0.05, 0.1) is 7.11 Å². The number of carbonyl (C=O) groups is 2. The quantitative estimate of drug-likeness (QED) is 0.449. The topological polar surface area (TPSA) is 55.4 Å². The summed E-state index contributed by atoms with van der Waals surface area (Å²) in [5, 5.41) is 0. The maximum absolute atomic E-state index is 11.8. The molecule has 0 saturated carbocycles. The summed E-state index contributed by atoms with van der Waals surface area (Å²) in [6.07, 6.45) is 0.916. The van der Waals surface area contributed by atoms with Crippen molar-refractivity contribution in [2.24, 2.45) is 0 Å². The molecule has 0 amide bonds. The Morgan fingerprint density at radius 2 is 1.81 bits per heavy atom. The van der Waals surface area contributed by atoms with Crippen molar-refractivity contribution in [2.45, 2.75) is 33.6 Å². The van der Waals surface area contributed by atoms with Gasteiger partial charge in [-0.2, -0.15) is 0 Å². The molecule has 0 bridgehead atoms. The Bertz CT molecular complexity index is 391. The van der Waals surface area contributed by atoms with E-state index >= 15 is 0 Å². The summed E-state index contributed by atoms with van der Waals surface area (Å²) >= 11 is 0. The van der Waals surface area contributed by atoms with Gasteiger partial charge in [-0.25, -0.2) is 0 Å². The number of allylic oxidation sites excluding steroid dienone is 4. The summed E-state index contributed by atoms with van der Waals surface area (Å²) in [5.74, 6) is -0.185. The average molecular weight is 223 g/mol. The van der Waals surface area contributed by atoms with Gasteiger partial charge in [0.15, 0.2) is 11.6 Å². The van der Waals surface area contributed by atoms with Crippen molar-refractivity contribution in [3.8, 4) is 0 Å². The first kappa shape index (κ1) is 12.6. The predicted octanol–water partition coefficient (Wildman–Crippen LogP) is 1.68. The molecule has 0 unspecified atom stereocenters. The third kappa shape index (κ3) is 2.58. The number of carbonyl (C=O) groups excluding carboxylic acids is 2. The number of hydroxylamine groups is 1. The average Bonchev–Trinajstić information content (AvgIpc) is 2.20. The summed E-state index contributed by atoms with van der Waals surface area (Å²) in [6.45, 7) is 5.34. The molecule has 0 fully saturated rings. The van der Waals surface area contributed by atoms with Gasteiger partial charge in [-0.1, -0.05) is 11.1 Å². The fourth-order valence-electron chi connectivity index (χ4n) is 1.69. The maximum atomic E-state index is 11.8. The highest BCUT2D eigenvalue weighted by Gasteiger charge is 2.23. The number of nitrogens with one attached hydrogen (secondary N) is 1. The molecule has 0 aromatic rings. The third-order valence-corrected chi connectivity index (χ3v) is 2.79. The molecule has 0 aromatic carbocycles. The van der Waals surface area contributed by atoms with Crippen molar-refractivity contribution in [2.75, 3.05) is 7.11 Å². The molecule has 0 spiro atoms. The van der Waals surface area contributed by atoms with E-state index in [9.17, 15) is 9.59 Å². The van der Waals surface area contributed by atoms with Crippen molar-refractivity contribution in [3.63, 3.8) is 0 Å². The molecule has 4 nitrogen and oxygen atoms in total. The van der Waals surface area contributed by atoms with Gasteiger partial charge in [-0.05, 0) is 20.3 Å². The summed E-state index contributed by atoms with van der Waals surface area (Å²) in [4.78, 5) is 28.0. The summed E-state index contributed by atoms with van der Waals surface area (Å²) in [6, 6.07) is 0. The lowest BCUT2D eigenvalue weighted by Gasteiger charge is -2.19. The minimum absolute atomic E-state index is 0.00199. The van der Waals surface area contributed by atoms with Crippen LogP contribution >= 0.6 is 0 Å². The van der Waals surface area contributed by atoms with Crippen molar-refractivity contribution in [3.05, 3.63) is 22.4 Å². The fourth-order valence-corrected chi connectivity index (χ4v) is 1.69. The second-order valence-electron chi connectivity index (χ2n) is 4.05. The highest BCUT2D eigenvalue weighted by atomic mass is 16.6. The number of hydrogen-bond acceptors (Lipinski definition) is 4. The molecule has 0 atom stereocenters. The number of Topliss-reactive ketones (excluding diaryl/α,β-unsaturated/α-hetero) is 2. The highest BCUT2D eigenvalue weighted by molar-refractivity contribution is 6.06. The normalized spacial score (nSPS) is 19.9.